The number of anilines is 1. The van der Waals surface area contributed by atoms with Gasteiger partial charge in [0.05, 0.1) is 17.8 Å². The van der Waals surface area contributed by atoms with E-state index >= 15 is 0 Å². The number of nitrogens with two attached hydrogens (primary N) is 1. The van der Waals surface area contributed by atoms with Crippen molar-refractivity contribution in [3.8, 4) is 5.75 Å². The molecular weight excluding hydrogens is 204 g/mol. The minimum Gasteiger partial charge on any atom is -0.486 e. The number of hydrogen-bond acceptors (Lipinski definition) is 4. The number of nitrogens with one attached hydrogen (secondary N) is 1. The number of aliphatic hydroxyl groups is 1. The Morgan fingerprint density at radius 3 is 3.00 bits per heavy atom. The lowest BCUT2D eigenvalue weighted by Gasteiger charge is -2.43. The summed E-state index contributed by atoms with van der Waals surface area (Å²) in [6.45, 7) is 0. The maximum absolute atomic E-state index is 10.0. The van der Waals surface area contributed by atoms with E-state index in [-0.39, 0.29) is 18.2 Å². The Morgan fingerprint density at radius 1 is 1.31 bits per heavy atom. The first kappa shape index (κ1) is 9.93. The summed E-state index contributed by atoms with van der Waals surface area (Å²) in [6, 6.07) is 7.57. The number of para-hydroxylation sites is 2. The van der Waals surface area contributed by atoms with Gasteiger partial charge in [-0.15, -0.1) is 0 Å². The zero-order valence-electron chi connectivity index (χ0n) is 8.97. The van der Waals surface area contributed by atoms with Gasteiger partial charge in [0.2, 0.25) is 0 Å². The van der Waals surface area contributed by atoms with Crippen molar-refractivity contribution in [1.29, 1.82) is 0 Å². The van der Waals surface area contributed by atoms with Gasteiger partial charge in [0.15, 0.2) is 0 Å². The first-order valence-electron chi connectivity index (χ1n) is 5.71. The van der Waals surface area contributed by atoms with E-state index in [9.17, 15) is 5.11 Å². The third-order valence-corrected chi connectivity index (χ3v) is 3.48. The van der Waals surface area contributed by atoms with Crippen molar-refractivity contribution in [2.24, 2.45) is 5.73 Å². The smallest absolute Gasteiger partial charge is 0.142 e. The van der Waals surface area contributed by atoms with E-state index in [1.807, 2.05) is 24.3 Å². The maximum atomic E-state index is 10.0. The fourth-order valence-electron chi connectivity index (χ4n) is 2.54. The first-order valence-corrected chi connectivity index (χ1v) is 5.71. The summed E-state index contributed by atoms with van der Waals surface area (Å²) in [4.78, 5) is 0. The molecule has 0 spiro atoms. The molecule has 1 aliphatic carbocycles. The van der Waals surface area contributed by atoms with E-state index in [1.54, 1.807) is 0 Å². The van der Waals surface area contributed by atoms with E-state index in [0.29, 0.717) is 0 Å². The quantitative estimate of drug-likeness (QED) is 0.602. The van der Waals surface area contributed by atoms with Gasteiger partial charge in [0.1, 0.15) is 11.9 Å². The molecule has 0 amide bonds. The highest BCUT2D eigenvalue weighted by atomic mass is 16.5. The molecule has 0 radical (unpaired) electrons. The highest BCUT2D eigenvalue weighted by Crippen LogP contribution is 2.35. The lowest BCUT2D eigenvalue weighted by atomic mass is 9.85. The van der Waals surface area contributed by atoms with Gasteiger partial charge in [-0.1, -0.05) is 12.1 Å². The van der Waals surface area contributed by atoms with E-state index in [1.165, 1.54) is 0 Å². The summed E-state index contributed by atoms with van der Waals surface area (Å²) in [7, 11) is 0. The standard InChI is InChI=1S/C12H16N2O2/c13-7-5-6-10-11(12(7)15)14-8-3-1-2-4-9(8)16-10/h1-4,7,10-12,14-15H,5-6,13H2/t7-,10-,11-,12-/m1/s1. The lowest BCUT2D eigenvalue weighted by Crippen LogP contribution is -2.59. The van der Waals surface area contributed by atoms with Crippen LogP contribution in [0.1, 0.15) is 12.8 Å². The molecule has 4 nitrogen and oxygen atoms in total. The summed E-state index contributed by atoms with van der Waals surface area (Å²) in [5.41, 5.74) is 6.80. The molecule has 1 saturated carbocycles. The molecular formula is C12H16N2O2. The fourth-order valence-corrected chi connectivity index (χ4v) is 2.54. The Hall–Kier alpha value is -1.26. The van der Waals surface area contributed by atoms with Crippen LogP contribution in [0.15, 0.2) is 24.3 Å². The second-order valence-corrected chi connectivity index (χ2v) is 4.55. The molecule has 0 saturated heterocycles. The lowest BCUT2D eigenvalue weighted by molar-refractivity contribution is 0.0195. The van der Waals surface area contributed by atoms with Crippen LogP contribution in [0.2, 0.25) is 0 Å². The first-order chi connectivity index (χ1) is 7.75. The van der Waals surface area contributed by atoms with Gasteiger partial charge < -0.3 is 20.9 Å². The van der Waals surface area contributed by atoms with Crippen LogP contribution in [-0.4, -0.2) is 29.4 Å². The second-order valence-electron chi connectivity index (χ2n) is 4.55. The molecule has 86 valence electrons. The van der Waals surface area contributed by atoms with Gasteiger partial charge in [0, 0.05) is 6.04 Å². The van der Waals surface area contributed by atoms with Gasteiger partial charge in [-0.2, -0.15) is 0 Å². The molecule has 1 aromatic rings. The number of fused-ring (bicyclic) bond motifs is 2. The zero-order valence-corrected chi connectivity index (χ0v) is 8.97. The fraction of sp³-hybridized carbons (Fsp3) is 0.500. The number of hydrogen-bond donors (Lipinski definition) is 3. The van der Waals surface area contributed by atoms with Crippen molar-refractivity contribution in [2.75, 3.05) is 5.32 Å². The summed E-state index contributed by atoms with van der Waals surface area (Å²) < 4.78 is 5.88. The predicted octanol–water partition coefficient (Wildman–Crippen LogP) is 0.710. The molecule has 0 bridgehead atoms. The van der Waals surface area contributed by atoms with Crippen LogP contribution in [0.25, 0.3) is 0 Å². The van der Waals surface area contributed by atoms with Crippen LogP contribution in [0.4, 0.5) is 5.69 Å². The molecule has 1 fully saturated rings. The van der Waals surface area contributed by atoms with Gasteiger partial charge in [-0.3, -0.25) is 0 Å². The number of rotatable bonds is 0. The van der Waals surface area contributed by atoms with E-state index in [2.05, 4.69) is 5.32 Å². The molecule has 1 heterocycles. The van der Waals surface area contributed by atoms with Crippen molar-refractivity contribution >= 4 is 5.69 Å². The third kappa shape index (κ3) is 1.45. The molecule has 3 rings (SSSR count). The molecule has 4 N–H and O–H groups in total. The van der Waals surface area contributed by atoms with Crippen LogP contribution in [0.3, 0.4) is 0 Å². The van der Waals surface area contributed by atoms with Crippen LogP contribution in [0, 0.1) is 0 Å². The maximum Gasteiger partial charge on any atom is 0.142 e. The average molecular weight is 220 g/mol. The molecule has 0 unspecified atom stereocenters. The third-order valence-electron chi connectivity index (χ3n) is 3.48. The van der Waals surface area contributed by atoms with Crippen molar-refractivity contribution in [2.45, 2.75) is 37.1 Å². The SMILES string of the molecule is N[C@@H]1CC[C@H]2Oc3ccccc3N[C@H]2[C@@H]1O. The highest BCUT2D eigenvalue weighted by Gasteiger charge is 2.40. The van der Waals surface area contributed by atoms with Crippen molar-refractivity contribution in [1.82, 2.24) is 0 Å². The molecule has 4 atom stereocenters. The summed E-state index contributed by atoms with van der Waals surface area (Å²) in [5, 5.41) is 13.4. The van der Waals surface area contributed by atoms with E-state index in [4.69, 9.17) is 10.5 Å². The summed E-state index contributed by atoms with van der Waals surface area (Å²) >= 11 is 0. The van der Waals surface area contributed by atoms with Gasteiger partial charge in [0.25, 0.3) is 0 Å². The average Bonchev–Trinajstić information content (AvgIpc) is 2.32. The minimum atomic E-state index is -0.535. The van der Waals surface area contributed by atoms with Gasteiger partial charge in [-0.05, 0) is 25.0 Å². The molecule has 4 heteroatoms. The molecule has 1 aliphatic heterocycles. The van der Waals surface area contributed by atoms with Crippen LogP contribution in [-0.2, 0) is 0 Å². The van der Waals surface area contributed by atoms with Crippen molar-refractivity contribution < 1.29 is 9.84 Å². The van der Waals surface area contributed by atoms with E-state index < -0.39 is 6.10 Å². The molecule has 0 aromatic heterocycles. The highest BCUT2D eigenvalue weighted by molar-refractivity contribution is 5.59. The van der Waals surface area contributed by atoms with E-state index in [0.717, 1.165) is 24.3 Å². The number of aliphatic hydroxyl groups excluding tert-OH is 1. The van der Waals surface area contributed by atoms with Crippen molar-refractivity contribution in [3.63, 3.8) is 0 Å². The Labute approximate surface area is 94.4 Å². The second kappa shape index (κ2) is 3.64. The van der Waals surface area contributed by atoms with Crippen LogP contribution < -0.4 is 15.8 Å². The topological polar surface area (TPSA) is 67.5 Å². The summed E-state index contributed by atoms with van der Waals surface area (Å²) in [5.74, 6) is 0.867. The summed E-state index contributed by atoms with van der Waals surface area (Å²) in [6.07, 6.45) is 1.20. The molecule has 1 aromatic carbocycles. The van der Waals surface area contributed by atoms with Crippen LogP contribution in [0.5, 0.6) is 5.75 Å². The van der Waals surface area contributed by atoms with Gasteiger partial charge >= 0.3 is 0 Å². The monoisotopic (exact) mass is 220 g/mol. The normalized spacial score (nSPS) is 36.6. The molecule has 2 aliphatic rings. The Morgan fingerprint density at radius 2 is 2.12 bits per heavy atom. The van der Waals surface area contributed by atoms with Crippen molar-refractivity contribution in [3.05, 3.63) is 24.3 Å². The number of benzene rings is 1. The Balaban J connectivity index is 1.90. The largest absolute Gasteiger partial charge is 0.486 e. The molecule has 16 heavy (non-hydrogen) atoms. The Bertz CT molecular complexity index is 396. The number of ether oxygens (including phenoxy) is 1. The zero-order chi connectivity index (χ0) is 11.1. The van der Waals surface area contributed by atoms with Gasteiger partial charge in [-0.25, -0.2) is 0 Å². The predicted molar refractivity (Wildman–Crippen MR) is 61.5 cm³/mol. The Kier molecular flexibility index (Phi) is 2.26. The minimum absolute atomic E-state index is 0.0321. The van der Waals surface area contributed by atoms with Crippen LogP contribution >= 0.6 is 0 Å².